The van der Waals surface area contributed by atoms with Crippen LogP contribution in [0.2, 0.25) is 0 Å². The standard InChI is InChI=1S/C2H3N4P/c1-2-7-6-5-4-3-1/h1-2H,(H,4,6). The van der Waals surface area contributed by atoms with E-state index in [1.54, 1.807) is 12.0 Å². The van der Waals surface area contributed by atoms with Crippen molar-refractivity contribution in [2.24, 2.45) is 15.5 Å². The zero-order valence-corrected chi connectivity index (χ0v) is 4.34. The molecule has 0 amide bonds. The van der Waals surface area contributed by atoms with Gasteiger partial charge >= 0.3 is 0 Å². The van der Waals surface area contributed by atoms with Gasteiger partial charge in [0.25, 0.3) is 0 Å². The average Bonchev–Trinajstić information content (AvgIpc) is 1.90. The van der Waals surface area contributed by atoms with Gasteiger partial charge in [-0.3, -0.25) is 0 Å². The Hall–Kier alpha value is -0.760. The summed E-state index contributed by atoms with van der Waals surface area (Å²) in [6.07, 6.45) is 1.59. The Labute approximate surface area is 42.2 Å². The van der Waals surface area contributed by atoms with Crippen LogP contribution in [0, 0.1) is 0 Å². The highest BCUT2D eigenvalue weighted by Gasteiger charge is 1.71. The van der Waals surface area contributed by atoms with Gasteiger partial charge in [0.05, 0.1) is 6.21 Å². The summed E-state index contributed by atoms with van der Waals surface area (Å²) in [7, 11) is 0.921. The van der Waals surface area contributed by atoms with Crippen molar-refractivity contribution in [2.75, 3.05) is 0 Å². The van der Waals surface area contributed by atoms with Crippen LogP contribution in [0.1, 0.15) is 0 Å². The Kier molecular flexibility index (Phi) is 1.52. The smallest absolute Gasteiger partial charge is 0.0574 e. The van der Waals surface area contributed by atoms with Crippen LogP contribution in [-0.4, -0.2) is 12.0 Å². The van der Waals surface area contributed by atoms with Crippen LogP contribution in [0.15, 0.2) is 15.5 Å². The summed E-state index contributed by atoms with van der Waals surface area (Å²) in [5.41, 5.74) is 0. The molecule has 0 fully saturated rings. The van der Waals surface area contributed by atoms with Crippen molar-refractivity contribution in [1.29, 1.82) is 0 Å². The van der Waals surface area contributed by atoms with Gasteiger partial charge in [-0.2, -0.15) is 0 Å². The van der Waals surface area contributed by atoms with Crippen molar-refractivity contribution in [3.8, 4) is 0 Å². The van der Waals surface area contributed by atoms with Crippen LogP contribution in [0.5, 0.6) is 0 Å². The minimum Gasteiger partial charge on any atom is -0.240 e. The number of rotatable bonds is 0. The zero-order chi connectivity index (χ0) is 4.95. The summed E-state index contributed by atoms with van der Waals surface area (Å²) in [5, 5.41) is 12.8. The van der Waals surface area contributed by atoms with Crippen LogP contribution < -0.4 is 5.20 Å². The molecule has 1 heterocycles. The van der Waals surface area contributed by atoms with E-state index in [0.29, 0.717) is 0 Å². The van der Waals surface area contributed by atoms with Crippen LogP contribution in [0.4, 0.5) is 0 Å². The molecule has 0 aromatic rings. The van der Waals surface area contributed by atoms with E-state index in [1.807, 2.05) is 0 Å². The Balaban J connectivity index is 2.60. The molecule has 1 rings (SSSR count). The lowest BCUT2D eigenvalue weighted by Gasteiger charge is -1.73. The third-order valence-corrected chi connectivity index (χ3v) is 0.894. The highest BCUT2D eigenvalue weighted by molar-refractivity contribution is 7.38. The van der Waals surface area contributed by atoms with Gasteiger partial charge in [0, 0.05) is 14.2 Å². The van der Waals surface area contributed by atoms with E-state index in [1.165, 1.54) is 0 Å². The van der Waals surface area contributed by atoms with Crippen molar-refractivity contribution in [3.05, 3.63) is 0 Å². The van der Waals surface area contributed by atoms with E-state index in [9.17, 15) is 0 Å². The molecule has 0 aromatic heterocycles. The molecule has 4 nitrogen and oxygen atoms in total. The molecule has 7 heavy (non-hydrogen) atoms. The van der Waals surface area contributed by atoms with Crippen molar-refractivity contribution >= 4 is 20.4 Å². The Bertz CT molecular complexity index is 112. The molecule has 0 aliphatic carbocycles. The van der Waals surface area contributed by atoms with Gasteiger partial charge in [-0.05, 0) is 10.4 Å². The summed E-state index contributed by atoms with van der Waals surface area (Å²) >= 11 is 0. The second-order valence-corrected chi connectivity index (χ2v) is 1.59. The average molecular weight is 114 g/mol. The molecule has 0 unspecified atom stereocenters. The second kappa shape index (κ2) is 2.42. The molecule has 1 aliphatic rings. The third kappa shape index (κ3) is 1.41. The van der Waals surface area contributed by atoms with Gasteiger partial charge in [-0.25, -0.2) is 5.20 Å². The number of nitrogens with one attached hydrogen (secondary N) is 1. The quantitative estimate of drug-likeness (QED) is 0.460. The van der Waals surface area contributed by atoms with E-state index in [-0.39, 0.29) is 0 Å². The summed E-state index contributed by atoms with van der Waals surface area (Å²) < 4.78 is 0. The van der Waals surface area contributed by atoms with Crippen LogP contribution in [0.25, 0.3) is 0 Å². The predicted octanol–water partition coefficient (Wildman–Crippen LogP) is 0.606. The topological polar surface area (TPSA) is 49.1 Å². The highest BCUT2D eigenvalue weighted by Crippen LogP contribution is 1.86. The van der Waals surface area contributed by atoms with E-state index in [0.717, 1.165) is 8.35 Å². The largest absolute Gasteiger partial charge is 0.240 e. The minimum atomic E-state index is 0.921. The molecule has 0 saturated heterocycles. The first-order valence-electron chi connectivity index (χ1n) is 1.70. The molecule has 0 radical (unpaired) electrons. The fourth-order valence-corrected chi connectivity index (χ4v) is 0.483. The molecule has 0 bridgehead atoms. The fraction of sp³-hybridized carbons (Fsp3) is 0. The first kappa shape index (κ1) is 4.40. The van der Waals surface area contributed by atoms with Gasteiger partial charge in [-0.15, -0.1) is 5.10 Å². The van der Waals surface area contributed by atoms with Gasteiger partial charge in [0.2, 0.25) is 0 Å². The molecular weight excluding hydrogens is 111 g/mol. The lowest BCUT2D eigenvalue weighted by Crippen LogP contribution is -1.78. The van der Waals surface area contributed by atoms with Gasteiger partial charge in [-0.1, -0.05) is 0 Å². The minimum absolute atomic E-state index is 0.921. The van der Waals surface area contributed by atoms with Crippen LogP contribution in [-0.2, 0) is 0 Å². The maximum absolute atomic E-state index is 3.48. The van der Waals surface area contributed by atoms with E-state index in [4.69, 9.17) is 0 Å². The lowest BCUT2D eigenvalue weighted by atomic mass is 10.9. The molecule has 1 N–H and O–H groups in total. The fourth-order valence-electron chi connectivity index (χ4n) is 0.198. The highest BCUT2D eigenvalue weighted by atomic mass is 31.1. The monoisotopic (exact) mass is 114 g/mol. The normalized spacial score (nSPS) is 18.3. The molecule has 0 aromatic carbocycles. The van der Waals surface area contributed by atoms with E-state index < -0.39 is 0 Å². The molecular formula is C2H3N4P. The Morgan fingerprint density at radius 2 is 2.57 bits per heavy atom. The molecule has 0 atom stereocenters. The lowest BCUT2D eigenvalue weighted by molar-refractivity contribution is 0.905. The van der Waals surface area contributed by atoms with Gasteiger partial charge in [0.1, 0.15) is 0 Å². The van der Waals surface area contributed by atoms with Crippen LogP contribution >= 0.6 is 8.35 Å². The van der Waals surface area contributed by atoms with Crippen molar-refractivity contribution in [3.63, 3.8) is 0 Å². The summed E-state index contributed by atoms with van der Waals surface area (Å²) in [6.45, 7) is 0. The number of hydrogen-bond donors (Lipinski definition) is 1. The molecule has 0 saturated carbocycles. The predicted molar refractivity (Wildman–Crippen MR) is 29.5 cm³/mol. The van der Waals surface area contributed by atoms with E-state index in [2.05, 4.69) is 20.7 Å². The summed E-state index contributed by atoms with van der Waals surface area (Å²) in [4.78, 5) is 0. The van der Waals surface area contributed by atoms with E-state index >= 15 is 0 Å². The summed E-state index contributed by atoms with van der Waals surface area (Å²) in [6, 6.07) is 0. The molecule has 5 heteroatoms. The molecule has 36 valence electrons. The first-order valence-corrected chi connectivity index (χ1v) is 2.66. The zero-order valence-electron chi connectivity index (χ0n) is 3.44. The SMILES string of the molecule is C1=NN=NNP=C1. The van der Waals surface area contributed by atoms with Crippen molar-refractivity contribution in [2.45, 2.75) is 0 Å². The first-order chi connectivity index (χ1) is 3.50. The molecule has 1 aliphatic heterocycles. The maximum atomic E-state index is 3.48. The van der Waals surface area contributed by atoms with Gasteiger partial charge < -0.3 is 0 Å². The Morgan fingerprint density at radius 1 is 1.57 bits per heavy atom. The molecule has 0 spiro atoms. The Morgan fingerprint density at radius 3 is 3.57 bits per heavy atom. The summed E-state index contributed by atoms with van der Waals surface area (Å²) in [5.74, 6) is 1.81. The third-order valence-electron chi connectivity index (χ3n) is 0.407. The number of hydrogen-bond acceptors (Lipinski definition) is 4. The number of nitrogens with zero attached hydrogens (tertiary/aromatic N) is 3. The second-order valence-electron chi connectivity index (χ2n) is 0.832. The van der Waals surface area contributed by atoms with Crippen LogP contribution in [0.3, 0.4) is 0 Å². The van der Waals surface area contributed by atoms with Crippen molar-refractivity contribution in [1.82, 2.24) is 5.20 Å². The maximum Gasteiger partial charge on any atom is 0.0574 e. The van der Waals surface area contributed by atoms with Gasteiger partial charge in [0.15, 0.2) is 0 Å². The van der Waals surface area contributed by atoms with Crippen molar-refractivity contribution < 1.29 is 0 Å².